The van der Waals surface area contributed by atoms with Gasteiger partial charge in [0.25, 0.3) is 0 Å². The van der Waals surface area contributed by atoms with Crippen LogP contribution in [0.3, 0.4) is 0 Å². The topological polar surface area (TPSA) is 17.0 Å². The molecule has 0 aliphatic rings. The molecule has 2 nitrogen and oxygen atoms in total. The van der Waals surface area contributed by atoms with Crippen molar-refractivity contribution < 1.29 is 0 Å². The molecule has 1 N–H and O–H groups in total. The molecular weight excluding hydrogens is 196 g/mol. The molecular formula is C14H20N2. The summed E-state index contributed by atoms with van der Waals surface area (Å²) in [6.45, 7) is 5.49. The number of aromatic nitrogens is 1. The maximum atomic E-state index is 3.36. The standard InChI is InChI=1S/C14H20N2/c1-2-15-10-5-6-11-16-12-9-13-7-3-4-8-14(13)16/h3-4,7-9,12,15H,2,5-6,10-11H2,1H3. The molecule has 16 heavy (non-hydrogen) atoms. The van der Waals surface area contributed by atoms with Gasteiger partial charge >= 0.3 is 0 Å². The van der Waals surface area contributed by atoms with Crippen molar-refractivity contribution in [2.45, 2.75) is 26.3 Å². The van der Waals surface area contributed by atoms with E-state index in [1.807, 2.05) is 0 Å². The Bertz CT molecular complexity index is 431. The Kier molecular flexibility index (Phi) is 4.00. The van der Waals surface area contributed by atoms with Gasteiger partial charge in [-0.15, -0.1) is 0 Å². The molecule has 0 aliphatic carbocycles. The first kappa shape index (κ1) is 11.2. The number of nitrogens with zero attached hydrogens (tertiary/aromatic N) is 1. The number of benzene rings is 1. The van der Waals surface area contributed by atoms with E-state index in [1.165, 1.54) is 23.7 Å². The number of nitrogens with one attached hydrogen (secondary N) is 1. The van der Waals surface area contributed by atoms with Crippen LogP contribution in [0.15, 0.2) is 36.5 Å². The largest absolute Gasteiger partial charge is 0.347 e. The van der Waals surface area contributed by atoms with Crippen molar-refractivity contribution >= 4 is 10.9 Å². The summed E-state index contributed by atoms with van der Waals surface area (Å²) >= 11 is 0. The van der Waals surface area contributed by atoms with Gasteiger partial charge in [-0.3, -0.25) is 0 Å². The summed E-state index contributed by atoms with van der Waals surface area (Å²) in [4.78, 5) is 0. The number of para-hydroxylation sites is 1. The SMILES string of the molecule is CCNCCCCn1ccc2ccccc21. The molecule has 0 amide bonds. The van der Waals surface area contributed by atoms with Gasteiger partial charge in [-0.25, -0.2) is 0 Å². The second-order valence-corrected chi connectivity index (χ2v) is 4.13. The van der Waals surface area contributed by atoms with Gasteiger partial charge in [0.1, 0.15) is 0 Å². The molecule has 1 heterocycles. The van der Waals surface area contributed by atoms with Crippen molar-refractivity contribution in [1.82, 2.24) is 9.88 Å². The molecule has 0 atom stereocenters. The number of aryl methyl sites for hydroxylation is 1. The summed E-state index contributed by atoms with van der Waals surface area (Å²) < 4.78 is 2.35. The summed E-state index contributed by atoms with van der Waals surface area (Å²) in [5.41, 5.74) is 1.35. The number of hydrogen-bond donors (Lipinski definition) is 1. The van der Waals surface area contributed by atoms with Crippen molar-refractivity contribution in [2.75, 3.05) is 13.1 Å². The van der Waals surface area contributed by atoms with Crippen LogP contribution in [0.25, 0.3) is 10.9 Å². The highest BCUT2D eigenvalue weighted by molar-refractivity contribution is 5.79. The molecule has 2 aromatic rings. The van der Waals surface area contributed by atoms with Crippen LogP contribution < -0.4 is 5.32 Å². The zero-order chi connectivity index (χ0) is 11.2. The summed E-state index contributed by atoms with van der Waals surface area (Å²) in [6, 6.07) is 10.8. The van der Waals surface area contributed by atoms with Gasteiger partial charge in [0.2, 0.25) is 0 Å². The van der Waals surface area contributed by atoms with Crippen LogP contribution in [0, 0.1) is 0 Å². The van der Waals surface area contributed by atoms with Crippen LogP contribution >= 0.6 is 0 Å². The van der Waals surface area contributed by atoms with E-state index in [1.54, 1.807) is 0 Å². The number of fused-ring (bicyclic) bond motifs is 1. The molecule has 0 saturated heterocycles. The van der Waals surface area contributed by atoms with Crippen molar-refractivity contribution in [3.63, 3.8) is 0 Å². The van der Waals surface area contributed by atoms with Gasteiger partial charge < -0.3 is 9.88 Å². The predicted molar refractivity (Wildman–Crippen MR) is 69.7 cm³/mol. The Morgan fingerprint density at radius 1 is 1.12 bits per heavy atom. The number of unbranched alkanes of at least 4 members (excludes halogenated alkanes) is 1. The fourth-order valence-corrected chi connectivity index (χ4v) is 2.04. The van der Waals surface area contributed by atoms with Gasteiger partial charge in [-0.05, 0) is 43.5 Å². The Labute approximate surface area is 97.3 Å². The van der Waals surface area contributed by atoms with E-state index in [0.717, 1.165) is 19.6 Å². The molecule has 2 heteroatoms. The summed E-state index contributed by atoms with van der Waals surface area (Å²) in [5, 5.41) is 4.70. The molecule has 0 spiro atoms. The maximum absolute atomic E-state index is 3.36. The lowest BCUT2D eigenvalue weighted by Crippen LogP contribution is -2.14. The lowest BCUT2D eigenvalue weighted by Gasteiger charge is -2.05. The summed E-state index contributed by atoms with van der Waals surface area (Å²) in [7, 11) is 0. The Hall–Kier alpha value is -1.28. The highest BCUT2D eigenvalue weighted by Crippen LogP contribution is 2.15. The highest BCUT2D eigenvalue weighted by atomic mass is 14.9. The van der Waals surface area contributed by atoms with E-state index in [4.69, 9.17) is 0 Å². The quantitative estimate of drug-likeness (QED) is 0.734. The van der Waals surface area contributed by atoms with E-state index in [0.29, 0.717) is 0 Å². The molecule has 0 saturated carbocycles. The molecule has 86 valence electrons. The first-order chi connectivity index (χ1) is 7.92. The predicted octanol–water partition coefficient (Wildman–Crippen LogP) is 3.03. The van der Waals surface area contributed by atoms with E-state index in [2.05, 4.69) is 53.3 Å². The minimum absolute atomic E-state index is 1.08. The van der Waals surface area contributed by atoms with Crippen LogP contribution in [0.1, 0.15) is 19.8 Å². The van der Waals surface area contributed by atoms with E-state index in [9.17, 15) is 0 Å². The van der Waals surface area contributed by atoms with E-state index in [-0.39, 0.29) is 0 Å². The molecule has 2 rings (SSSR count). The Morgan fingerprint density at radius 3 is 2.88 bits per heavy atom. The number of rotatable bonds is 6. The van der Waals surface area contributed by atoms with Gasteiger partial charge in [-0.1, -0.05) is 25.1 Å². The second kappa shape index (κ2) is 5.71. The van der Waals surface area contributed by atoms with Crippen molar-refractivity contribution in [3.05, 3.63) is 36.5 Å². The zero-order valence-electron chi connectivity index (χ0n) is 9.95. The third-order valence-corrected chi connectivity index (χ3v) is 2.93. The average Bonchev–Trinajstić information content (AvgIpc) is 2.73. The van der Waals surface area contributed by atoms with Crippen LogP contribution in [-0.2, 0) is 6.54 Å². The Morgan fingerprint density at radius 2 is 2.00 bits per heavy atom. The molecule has 0 bridgehead atoms. The van der Waals surface area contributed by atoms with Crippen LogP contribution in [0.4, 0.5) is 0 Å². The van der Waals surface area contributed by atoms with Crippen LogP contribution in [0.2, 0.25) is 0 Å². The minimum Gasteiger partial charge on any atom is -0.347 e. The van der Waals surface area contributed by atoms with Crippen molar-refractivity contribution in [1.29, 1.82) is 0 Å². The van der Waals surface area contributed by atoms with Crippen LogP contribution in [-0.4, -0.2) is 17.7 Å². The zero-order valence-corrected chi connectivity index (χ0v) is 9.95. The van der Waals surface area contributed by atoms with Gasteiger partial charge in [0.05, 0.1) is 0 Å². The smallest absolute Gasteiger partial charge is 0.0480 e. The fraction of sp³-hybridized carbons (Fsp3) is 0.429. The highest BCUT2D eigenvalue weighted by Gasteiger charge is 1.98. The normalized spacial score (nSPS) is 11.1. The lowest BCUT2D eigenvalue weighted by molar-refractivity contribution is 0.586. The molecule has 0 fully saturated rings. The minimum atomic E-state index is 1.08. The third-order valence-electron chi connectivity index (χ3n) is 2.93. The summed E-state index contributed by atoms with van der Waals surface area (Å²) in [5.74, 6) is 0. The summed E-state index contributed by atoms with van der Waals surface area (Å²) in [6.07, 6.45) is 4.68. The Balaban J connectivity index is 1.89. The van der Waals surface area contributed by atoms with Crippen LogP contribution in [0.5, 0.6) is 0 Å². The van der Waals surface area contributed by atoms with Gasteiger partial charge in [0.15, 0.2) is 0 Å². The molecule has 1 aromatic heterocycles. The van der Waals surface area contributed by atoms with Gasteiger partial charge in [0, 0.05) is 18.3 Å². The second-order valence-electron chi connectivity index (χ2n) is 4.13. The van der Waals surface area contributed by atoms with E-state index < -0.39 is 0 Å². The monoisotopic (exact) mass is 216 g/mol. The average molecular weight is 216 g/mol. The van der Waals surface area contributed by atoms with Gasteiger partial charge in [-0.2, -0.15) is 0 Å². The molecule has 0 aliphatic heterocycles. The van der Waals surface area contributed by atoms with Crippen molar-refractivity contribution in [2.24, 2.45) is 0 Å². The third kappa shape index (κ3) is 2.64. The maximum Gasteiger partial charge on any atom is 0.0480 e. The molecule has 0 unspecified atom stereocenters. The first-order valence-corrected chi connectivity index (χ1v) is 6.16. The fourth-order valence-electron chi connectivity index (χ4n) is 2.04. The van der Waals surface area contributed by atoms with Crippen molar-refractivity contribution in [3.8, 4) is 0 Å². The lowest BCUT2D eigenvalue weighted by atomic mass is 10.2. The van der Waals surface area contributed by atoms with E-state index >= 15 is 0 Å². The first-order valence-electron chi connectivity index (χ1n) is 6.16. The molecule has 0 radical (unpaired) electrons. The molecule has 1 aromatic carbocycles. The number of hydrogen-bond acceptors (Lipinski definition) is 1.